The monoisotopic (exact) mass is 270 g/mol. The lowest BCUT2D eigenvalue weighted by Gasteiger charge is -2.09. The summed E-state index contributed by atoms with van der Waals surface area (Å²) in [5, 5.41) is 7.58. The second kappa shape index (κ2) is 4.85. The molecule has 0 fully saturated rings. The number of rotatable bonds is 3. The Labute approximate surface area is 115 Å². The zero-order valence-electron chi connectivity index (χ0n) is 10.6. The predicted molar refractivity (Wildman–Crippen MR) is 80.3 cm³/mol. The fourth-order valence-corrected chi connectivity index (χ4v) is 2.64. The van der Waals surface area contributed by atoms with Crippen LogP contribution in [0.1, 0.15) is 10.7 Å². The molecule has 0 spiro atoms. The molecule has 5 heteroatoms. The van der Waals surface area contributed by atoms with Crippen LogP contribution < -0.4 is 11.1 Å². The van der Waals surface area contributed by atoms with Gasteiger partial charge in [-0.3, -0.25) is 4.98 Å². The van der Waals surface area contributed by atoms with Crippen molar-refractivity contribution in [1.29, 1.82) is 0 Å². The highest BCUT2D eigenvalue weighted by Crippen LogP contribution is 2.25. The lowest BCUT2D eigenvalue weighted by Crippen LogP contribution is -2.01. The normalized spacial score (nSPS) is 10.8. The Balaban J connectivity index is 1.91. The largest absolute Gasteiger partial charge is 0.397 e. The lowest BCUT2D eigenvalue weighted by atomic mass is 10.1. The Morgan fingerprint density at radius 1 is 1.32 bits per heavy atom. The van der Waals surface area contributed by atoms with Gasteiger partial charge in [-0.2, -0.15) is 0 Å². The second-order valence-electron chi connectivity index (χ2n) is 4.31. The Morgan fingerprint density at radius 2 is 2.21 bits per heavy atom. The number of aromatic nitrogens is 2. The fourth-order valence-electron chi connectivity index (χ4n) is 2.03. The number of pyridine rings is 1. The van der Waals surface area contributed by atoms with E-state index in [0.29, 0.717) is 12.2 Å². The quantitative estimate of drug-likeness (QED) is 0.717. The number of nitrogen functional groups attached to an aromatic ring is 1. The summed E-state index contributed by atoms with van der Waals surface area (Å²) in [5.41, 5.74) is 9.55. The number of para-hydroxylation sites is 1. The van der Waals surface area contributed by atoms with E-state index in [1.807, 2.05) is 31.2 Å². The number of hydrogen-bond donors (Lipinski definition) is 2. The molecule has 96 valence electrons. The number of hydrogen-bond acceptors (Lipinski definition) is 5. The number of nitrogens with one attached hydrogen (secondary N) is 1. The van der Waals surface area contributed by atoms with Crippen molar-refractivity contribution in [2.75, 3.05) is 11.1 Å². The second-order valence-corrected chi connectivity index (χ2v) is 5.38. The van der Waals surface area contributed by atoms with E-state index < -0.39 is 0 Å². The highest BCUT2D eigenvalue weighted by molar-refractivity contribution is 7.09. The van der Waals surface area contributed by atoms with E-state index in [9.17, 15) is 0 Å². The van der Waals surface area contributed by atoms with Crippen molar-refractivity contribution in [3.05, 3.63) is 46.5 Å². The van der Waals surface area contributed by atoms with Gasteiger partial charge in [0.05, 0.1) is 28.5 Å². The number of aryl methyl sites for hydroxylation is 1. The molecule has 0 aliphatic rings. The minimum absolute atomic E-state index is 0.700. The first-order valence-corrected chi connectivity index (χ1v) is 6.90. The van der Waals surface area contributed by atoms with Crippen LogP contribution in [0.5, 0.6) is 0 Å². The summed E-state index contributed by atoms with van der Waals surface area (Å²) in [6.45, 7) is 2.72. The molecule has 0 aliphatic carbocycles. The standard InChI is InChI=1S/C14H14N4S/c1-9-18-10(8-19-9)7-17-13-5-6-16-14-11(13)3-2-4-12(14)15/h2-6,8H,7,15H2,1H3,(H,16,17). The lowest BCUT2D eigenvalue weighted by molar-refractivity contribution is 1.06. The molecule has 2 heterocycles. The summed E-state index contributed by atoms with van der Waals surface area (Å²) in [6, 6.07) is 7.79. The molecule has 0 aliphatic heterocycles. The number of thiazole rings is 1. The molecule has 0 bridgehead atoms. The van der Waals surface area contributed by atoms with Gasteiger partial charge in [-0.05, 0) is 19.1 Å². The third-order valence-electron chi connectivity index (χ3n) is 2.93. The Bertz CT molecular complexity index is 720. The molecule has 0 atom stereocenters. The molecule has 19 heavy (non-hydrogen) atoms. The van der Waals surface area contributed by atoms with Crippen molar-refractivity contribution in [2.24, 2.45) is 0 Å². The van der Waals surface area contributed by atoms with Gasteiger partial charge in [0.15, 0.2) is 0 Å². The highest BCUT2D eigenvalue weighted by atomic mass is 32.1. The van der Waals surface area contributed by atoms with Gasteiger partial charge in [0.25, 0.3) is 0 Å². The number of nitrogens with two attached hydrogens (primary N) is 1. The number of anilines is 2. The molecule has 4 nitrogen and oxygen atoms in total. The topological polar surface area (TPSA) is 63.8 Å². The average Bonchev–Trinajstić information content (AvgIpc) is 2.83. The molecule has 3 aromatic rings. The fraction of sp³-hybridized carbons (Fsp3) is 0.143. The molecule has 0 radical (unpaired) electrons. The van der Waals surface area contributed by atoms with Gasteiger partial charge in [-0.1, -0.05) is 12.1 Å². The van der Waals surface area contributed by atoms with E-state index in [0.717, 1.165) is 27.3 Å². The van der Waals surface area contributed by atoms with Crippen molar-refractivity contribution < 1.29 is 0 Å². The number of benzene rings is 1. The Hall–Kier alpha value is -2.14. The molecule has 0 amide bonds. The maximum Gasteiger partial charge on any atom is 0.0951 e. The summed E-state index contributed by atoms with van der Waals surface area (Å²) in [6.07, 6.45) is 1.77. The van der Waals surface area contributed by atoms with Crippen LogP contribution >= 0.6 is 11.3 Å². The molecule has 3 rings (SSSR count). The molecular weight excluding hydrogens is 256 g/mol. The molecule has 3 N–H and O–H groups in total. The van der Waals surface area contributed by atoms with Crippen LogP contribution in [0.25, 0.3) is 10.9 Å². The molecule has 1 aromatic carbocycles. The van der Waals surface area contributed by atoms with Gasteiger partial charge >= 0.3 is 0 Å². The third kappa shape index (κ3) is 2.37. The molecule has 2 aromatic heterocycles. The summed E-state index contributed by atoms with van der Waals surface area (Å²) < 4.78 is 0. The van der Waals surface area contributed by atoms with Gasteiger partial charge in [0, 0.05) is 22.7 Å². The van der Waals surface area contributed by atoms with Gasteiger partial charge in [-0.25, -0.2) is 4.98 Å². The van der Waals surface area contributed by atoms with Crippen molar-refractivity contribution in [2.45, 2.75) is 13.5 Å². The first-order valence-electron chi connectivity index (χ1n) is 6.02. The zero-order chi connectivity index (χ0) is 13.2. The number of nitrogens with zero attached hydrogens (tertiary/aromatic N) is 2. The minimum atomic E-state index is 0.700. The van der Waals surface area contributed by atoms with E-state index in [1.54, 1.807) is 17.5 Å². The summed E-state index contributed by atoms with van der Waals surface area (Å²) in [4.78, 5) is 8.76. The van der Waals surface area contributed by atoms with Crippen molar-refractivity contribution in [3.63, 3.8) is 0 Å². The Morgan fingerprint density at radius 3 is 3.00 bits per heavy atom. The third-order valence-corrected chi connectivity index (χ3v) is 3.75. The first-order chi connectivity index (χ1) is 9.24. The molecule has 0 unspecified atom stereocenters. The van der Waals surface area contributed by atoms with Crippen LogP contribution in [-0.2, 0) is 6.54 Å². The van der Waals surface area contributed by atoms with E-state index in [4.69, 9.17) is 5.73 Å². The van der Waals surface area contributed by atoms with Gasteiger partial charge in [0.2, 0.25) is 0 Å². The highest BCUT2D eigenvalue weighted by Gasteiger charge is 2.05. The molecular formula is C14H14N4S. The first kappa shape index (κ1) is 11.9. The summed E-state index contributed by atoms with van der Waals surface area (Å²) in [7, 11) is 0. The molecule has 0 saturated heterocycles. The van der Waals surface area contributed by atoms with Crippen molar-refractivity contribution in [1.82, 2.24) is 9.97 Å². The molecule has 0 saturated carbocycles. The van der Waals surface area contributed by atoms with Gasteiger partial charge in [-0.15, -0.1) is 11.3 Å². The van der Waals surface area contributed by atoms with Crippen LogP contribution in [0.4, 0.5) is 11.4 Å². The maximum atomic E-state index is 5.93. The summed E-state index contributed by atoms with van der Waals surface area (Å²) >= 11 is 1.66. The number of fused-ring (bicyclic) bond motifs is 1. The van der Waals surface area contributed by atoms with Crippen LogP contribution in [0.15, 0.2) is 35.8 Å². The van der Waals surface area contributed by atoms with E-state index in [2.05, 4.69) is 20.7 Å². The maximum absolute atomic E-state index is 5.93. The zero-order valence-corrected chi connectivity index (χ0v) is 11.4. The van der Waals surface area contributed by atoms with Crippen LogP contribution in [0.2, 0.25) is 0 Å². The smallest absolute Gasteiger partial charge is 0.0951 e. The van der Waals surface area contributed by atoms with E-state index >= 15 is 0 Å². The van der Waals surface area contributed by atoms with Crippen molar-refractivity contribution in [3.8, 4) is 0 Å². The van der Waals surface area contributed by atoms with Gasteiger partial charge in [0.1, 0.15) is 0 Å². The minimum Gasteiger partial charge on any atom is -0.397 e. The van der Waals surface area contributed by atoms with Gasteiger partial charge < -0.3 is 11.1 Å². The Kier molecular flexibility index (Phi) is 3.05. The average molecular weight is 270 g/mol. The van der Waals surface area contributed by atoms with E-state index in [-0.39, 0.29) is 0 Å². The van der Waals surface area contributed by atoms with Crippen molar-refractivity contribution >= 4 is 33.6 Å². The van der Waals surface area contributed by atoms with Crippen LogP contribution in [0.3, 0.4) is 0 Å². The van der Waals surface area contributed by atoms with Crippen LogP contribution in [0, 0.1) is 6.92 Å². The predicted octanol–water partition coefficient (Wildman–Crippen LogP) is 3.19. The summed E-state index contributed by atoms with van der Waals surface area (Å²) in [5.74, 6) is 0. The SMILES string of the molecule is Cc1nc(CNc2ccnc3c(N)cccc23)cs1. The van der Waals surface area contributed by atoms with Crippen LogP contribution in [-0.4, -0.2) is 9.97 Å². The van der Waals surface area contributed by atoms with E-state index in [1.165, 1.54) is 0 Å².